The molecule has 206 valence electrons. The Labute approximate surface area is 226 Å². The molecule has 1 atom stereocenters. The molecule has 1 aromatic carbocycles. The van der Waals surface area contributed by atoms with Gasteiger partial charge in [0.15, 0.2) is 5.82 Å². The van der Waals surface area contributed by atoms with Crippen molar-refractivity contribution < 1.29 is 23.8 Å². The number of amides is 2. The highest BCUT2D eigenvalue weighted by Gasteiger charge is 2.33. The molecule has 39 heavy (non-hydrogen) atoms. The Kier molecular flexibility index (Phi) is 8.18. The maximum absolute atomic E-state index is 15.1. The number of nitrogens with zero attached hydrogens (tertiary/aromatic N) is 4. The number of ether oxygens (including phenoxy) is 1. The Bertz CT molecular complexity index is 1320. The molecule has 2 aromatic heterocycles. The maximum atomic E-state index is 15.1. The molecule has 0 aliphatic carbocycles. The van der Waals surface area contributed by atoms with E-state index in [-0.39, 0.29) is 30.4 Å². The minimum Gasteiger partial charge on any atom is -0.396 e. The Morgan fingerprint density at radius 2 is 2.03 bits per heavy atom. The number of rotatable bonds is 7. The van der Waals surface area contributed by atoms with E-state index < -0.39 is 11.7 Å². The van der Waals surface area contributed by atoms with E-state index in [0.29, 0.717) is 69.1 Å². The van der Waals surface area contributed by atoms with Gasteiger partial charge in [-0.15, -0.1) is 0 Å². The standard InChI is InChI=1S/C28H33FN6O4/c1-18-15-20(5-9-30-18)24-16-31-26(32-24)27(37)33-23-4-2-3-22(29)25(23)34-10-6-19(7-11-34)28(38)35-12-14-39-21(17-35)8-13-36/h2-5,9,15-16,19,21,36H,6-8,10-14,17H2,1H3,(H,31,32)(H,33,37). The predicted molar refractivity (Wildman–Crippen MR) is 144 cm³/mol. The van der Waals surface area contributed by atoms with Crippen LogP contribution in [-0.2, 0) is 9.53 Å². The minimum absolute atomic E-state index is 0.0259. The van der Waals surface area contributed by atoms with Crippen LogP contribution in [0.15, 0.2) is 42.7 Å². The summed E-state index contributed by atoms with van der Waals surface area (Å²) in [6, 6.07) is 8.31. The van der Waals surface area contributed by atoms with E-state index in [9.17, 15) is 14.7 Å². The molecular weight excluding hydrogens is 503 g/mol. The molecule has 2 fully saturated rings. The average molecular weight is 537 g/mol. The first-order valence-corrected chi connectivity index (χ1v) is 13.3. The normalized spacial score (nSPS) is 18.3. The molecule has 2 aliphatic heterocycles. The van der Waals surface area contributed by atoms with Crippen molar-refractivity contribution in [2.75, 3.05) is 49.6 Å². The highest BCUT2D eigenvalue weighted by atomic mass is 19.1. The highest BCUT2D eigenvalue weighted by Crippen LogP contribution is 2.33. The van der Waals surface area contributed by atoms with Crippen molar-refractivity contribution in [2.45, 2.75) is 32.3 Å². The summed E-state index contributed by atoms with van der Waals surface area (Å²) in [5.74, 6) is -0.874. The van der Waals surface area contributed by atoms with Crippen molar-refractivity contribution in [2.24, 2.45) is 5.92 Å². The number of aryl methyl sites for hydroxylation is 1. The second kappa shape index (κ2) is 11.9. The number of aliphatic hydroxyl groups is 1. The molecule has 1 unspecified atom stereocenters. The molecule has 3 N–H and O–H groups in total. The summed E-state index contributed by atoms with van der Waals surface area (Å²) in [4.78, 5) is 41.3. The monoisotopic (exact) mass is 536 g/mol. The number of carbonyl (C=O) groups is 2. The van der Waals surface area contributed by atoms with Crippen LogP contribution in [-0.4, -0.2) is 82.3 Å². The molecule has 5 rings (SSSR count). The number of hydrogen-bond acceptors (Lipinski definition) is 7. The fraction of sp³-hybridized carbons (Fsp3) is 0.429. The molecule has 10 nitrogen and oxygen atoms in total. The molecule has 0 spiro atoms. The Morgan fingerprint density at radius 1 is 1.21 bits per heavy atom. The average Bonchev–Trinajstić information content (AvgIpc) is 3.44. The Balaban J connectivity index is 1.24. The predicted octanol–water partition coefficient (Wildman–Crippen LogP) is 3.00. The van der Waals surface area contributed by atoms with Gasteiger partial charge in [0.25, 0.3) is 5.91 Å². The fourth-order valence-corrected chi connectivity index (χ4v) is 5.26. The van der Waals surface area contributed by atoms with Crippen LogP contribution in [0.3, 0.4) is 0 Å². The zero-order valence-corrected chi connectivity index (χ0v) is 21.9. The van der Waals surface area contributed by atoms with E-state index in [4.69, 9.17) is 4.74 Å². The van der Waals surface area contributed by atoms with Gasteiger partial charge >= 0.3 is 0 Å². The van der Waals surface area contributed by atoms with Crippen molar-refractivity contribution in [1.82, 2.24) is 19.9 Å². The number of aromatic nitrogens is 3. The fourth-order valence-electron chi connectivity index (χ4n) is 5.26. The lowest BCUT2D eigenvalue weighted by Crippen LogP contribution is -2.50. The third kappa shape index (κ3) is 6.10. The molecule has 0 bridgehead atoms. The van der Waals surface area contributed by atoms with Crippen LogP contribution >= 0.6 is 0 Å². The van der Waals surface area contributed by atoms with Crippen LogP contribution in [0.4, 0.5) is 15.8 Å². The van der Waals surface area contributed by atoms with Gasteiger partial charge in [0, 0.05) is 56.2 Å². The van der Waals surface area contributed by atoms with Gasteiger partial charge < -0.3 is 29.9 Å². The first-order valence-electron chi connectivity index (χ1n) is 13.3. The molecular formula is C28H33FN6O4. The van der Waals surface area contributed by atoms with Gasteiger partial charge in [0.1, 0.15) is 5.82 Å². The molecule has 2 amide bonds. The van der Waals surface area contributed by atoms with Gasteiger partial charge in [-0.25, -0.2) is 9.37 Å². The number of imidazole rings is 1. The highest BCUT2D eigenvalue weighted by molar-refractivity contribution is 6.04. The van der Waals surface area contributed by atoms with Crippen molar-refractivity contribution in [3.05, 3.63) is 60.1 Å². The molecule has 11 heteroatoms. The number of morpholine rings is 1. The van der Waals surface area contributed by atoms with Gasteiger partial charge in [-0.1, -0.05) is 6.07 Å². The van der Waals surface area contributed by atoms with E-state index in [1.165, 1.54) is 6.07 Å². The van der Waals surface area contributed by atoms with E-state index in [1.807, 2.05) is 28.9 Å². The first-order chi connectivity index (χ1) is 18.9. The van der Waals surface area contributed by atoms with Crippen molar-refractivity contribution in [3.63, 3.8) is 0 Å². The number of para-hydroxylation sites is 1. The largest absolute Gasteiger partial charge is 0.396 e. The molecule has 0 radical (unpaired) electrons. The van der Waals surface area contributed by atoms with Gasteiger partial charge in [-0.05, 0) is 50.5 Å². The van der Waals surface area contributed by atoms with Gasteiger partial charge in [0.2, 0.25) is 5.91 Å². The number of carbonyl (C=O) groups excluding carboxylic acids is 2. The second-order valence-corrected chi connectivity index (χ2v) is 9.97. The van der Waals surface area contributed by atoms with E-state index >= 15 is 4.39 Å². The number of benzene rings is 1. The molecule has 2 saturated heterocycles. The zero-order chi connectivity index (χ0) is 27.4. The van der Waals surface area contributed by atoms with Crippen LogP contribution in [0, 0.1) is 18.7 Å². The Hall–Kier alpha value is -3.83. The van der Waals surface area contributed by atoms with Crippen molar-refractivity contribution in [3.8, 4) is 11.3 Å². The quantitative estimate of drug-likeness (QED) is 0.424. The lowest BCUT2D eigenvalue weighted by Gasteiger charge is -2.38. The smallest absolute Gasteiger partial charge is 0.291 e. The number of nitrogens with one attached hydrogen (secondary N) is 2. The minimum atomic E-state index is -0.478. The van der Waals surface area contributed by atoms with Crippen LogP contribution in [0.5, 0.6) is 0 Å². The van der Waals surface area contributed by atoms with Gasteiger partial charge in [-0.3, -0.25) is 14.6 Å². The SMILES string of the molecule is Cc1cc(-c2cnc(C(=O)Nc3cccc(F)c3N3CCC(C(=O)N4CCOC(CCO)C4)CC3)[nH]2)ccn1. The summed E-state index contributed by atoms with van der Waals surface area (Å²) >= 11 is 0. The molecule has 3 aromatic rings. The molecule has 0 saturated carbocycles. The number of piperidine rings is 1. The number of aromatic amines is 1. The summed E-state index contributed by atoms with van der Waals surface area (Å²) < 4.78 is 20.7. The maximum Gasteiger partial charge on any atom is 0.291 e. The lowest BCUT2D eigenvalue weighted by molar-refractivity contribution is -0.144. The van der Waals surface area contributed by atoms with Crippen LogP contribution in [0.1, 0.15) is 35.6 Å². The van der Waals surface area contributed by atoms with Gasteiger partial charge in [-0.2, -0.15) is 0 Å². The third-order valence-electron chi connectivity index (χ3n) is 7.30. The number of H-pyrrole nitrogens is 1. The van der Waals surface area contributed by atoms with Crippen molar-refractivity contribution >= 4 is 23.2 Å². The van der Waals surface area contributed by atoms with Crippen LogP contribution in [0.2, 0.25) is 0 Å². The number of aliphatic hydroxyl groups excluding tert-OH is 1. The molecule has 2 aliphatic rings. The van der Waals surface area contributed by atoms with Gasteiger partial charge in [0.05, 0.1) is 36.0 Å². The summed E-state index contributed by atoms with van der Waals surface area (Å²) in [6.07, 6.45) is 4.79. The number of anilines is 2. The zero-order valence-electron chi connectivity index (χ0n) is 21.9. The molecule has 4 heterocycles. The third-order valence-corrected chi connectivity index (χ3v) is 7.30. The first kappa shape index (κ1) is 26.8. The summed E-state index contributed by atoms with van der Waals surface area (Å²) in [6.45, 7) is 4.37. The van der Waals surface area contributed by atoms with E-state index in [2.05, 4.69) is 20.3 Å². The van der Waals surface area contributed by atoms with E-state index in [0.717, 1.165) is 11.3 Å². The van der Waals surface area contributed by atoms with E-state index in [1.54, 1.807) is 24.5 Å². The summed E-state index contributed by atoms with van der Waals surface area (Å²) in [5, 5.41) is 12.0. The van der Waals surface area contributed by atoms with Crippen molar-refractivity contribution in [1.29, 1.82) is 0 Å². The van der Waals surface area contributed by atoms with Crippen LogP contribution in [0.25, 0.3) is 11.3 Å². The lowest BCUT2D eigenvalue weighted by atomic mass is 9.94. The summed E-state index contributed by atoms with van der Waals surface area (Å²) in [7, 11) is 0. The number of pyridine rings is 1. The summed E-state index contributed by atoms with van der Waals surface area (Å²) in [5.41, 5.74) is 3.04. The van der Waals surface area contributed by atoms with Crippen LogP contribution < -0.4 is 10.2 Å². The topological polar surface area (TPSA) is 124 Å². The number of halogens is 1. The number of hydrogen-bond donors (Lipinski definition) is 3. The Morgan fingerprint density at radius 3 is 2.79 bits per heavy atom. The second-order valence-electron chi connectivity index (χ2n) is 9.97.